The van der Waals surface area contributed by atoms with E-state index < -0.39 is 0 Å². The third kappa shape index (κ3) is 2.81. The lowest BCUT2D eigenvalue weighted by Gasteiger charge is -2.35. The summed E-state index contributed by atoms with van der Waals surface area (Å²) in [6, 6.07) is 0.581. The van der Waals surface area contributed by atoms with Crippen LogP contribution in [0.1, 0.15) is 40.5 Å². The molecule has 1 unspecified atom stereocenters. The maximum absolute atomic E-state index is 11.8. The van der Waals surface area contributed by atoms with Crippen molar-refractivity contribution in [2.24, 2.45) is 11.8 Å². The van der Waals surface area contributed by atoms with Gasteiger partial charge in [0.1, 0.15) is 5.78 Å². The molecule has 0 N–H and O–H groups in total. The maximum atomic E-state index is 11.8. The van der Waals surface area contributed by atoms with Crippen LogP contribution in [0.5, 0.6) is 0 Å². The topological polar surface area (TPSA) is 20.3 Å². The molecule has 1 aliphatic rings. The Bertz CT molecular complexity index is 198. The minimum absolute atomic E-state index is 0.201. The maximum Gasteiger partial charge on any atom is 0.139 e. The molecule has 0 bridgehead atoms. The summed E-state index contributed by atoms with van der Waals surface area (Å²) >= 11 is 0. The fourth-order valence-corrected chi connectivity index (χ4v) is 2.18. The van der Waals surface area contributed by atoms with Crippen LogP contribution in [0.2, 0.25) is 0 Å². The van der Waals surface area contributed by atoms with Crippen LogP contribution in [0.15, 0.2) is 0 Å². The third-order valence-electron chi connectivity index (χ3n) is 3.15. The number of nitrogens with zero attached hydrogens (tertiary/aromatic N) is 1. The van der Waals surface area contributed by atoms with E-state index in [1.54, 1.807) is 0 Å². The van der Waals surface area contributed by atoms with Gasteiger partial charge in [-0.1, -0.05) is 13.8 Å². The molecule has 2 heteroatoms. The van der Waals surface area contributed by atoms with Gasteiger partial charge in [0, 0.05) is 24.4 Å². The molecule has 0 saturated carbocycles. The van der Waals surface area contributed by atoms with Crippen molar-refractivity contribution >= 4 is 5.78 Å². The van der Waals surface area contributed by atoms with Crippen molar-refractivity contribution in [2.75, 3.05) is 13.1 Å². The number of carbonyl (C=O) groups excluding carboxylic acids is 1. The van der Waals surface area contributed by atoms with Crippen LogP contribution in [0.4, 0.5) is 0 Å². The molecule has 1 atom stereocenters. The van der Waals surface area contributed by atoms with Crippen molar-refractivity contribution in [1.29, 1.82) is 0 Å². The predicted molar refractivity (Wildman–Crippen MR) is 59.3 cm³/mol. The summed E-state index contributed by atoms with van der Waals surface area (Å²) in [4.78, 5) is 14.3. The third-order valence-corrected chi connectivity index (χ3v) is 3.15. The highest BCUT2D eigenvalue weighted by Crippen LogP contribution is 2.21. The highest BCUT2D eigenvalue weighted by atomic mass is 16.1. The zero-order valence-electron chi connectivity index (χ0n) is 9.92. The average molecular weight is 197 g/mol. The van der Waals surface area contributed by atoms with E-state index in [4.69, 9.17) is 0 Å². The minimum atomic E-state index is 0.201. The van der Waals surface area contributed by atoms with Crippen LogP contribution in [0, 0.1) is 11.8 Å². The van der Waals surface area contributed by atoms with E-state index in [2.05, 4.69) is 18.7 Å². The van der Waals surface area contributed by atoms with Crippen molar-refractivity contribution in [3.05, 3.63) is 0 Å². The summed E-state index contributed by atoms with van der Waals surface area (Å²) in [6.07, 6.45) is 2.28. The molecular formula is C12H23NO. The standard InChI is InChI=1S/C12H23NO/c1-9(2)12(14)11-6-5-7-13(8-11)10(3)4/h9-11H,5-8H2,1-4H3. The summed E-state index contributed by atoms with van der Waals surface area (Å²) in [5, 5.41) is 0. The number of hydrogen-bond acceptors (Lipinski definition) is 2. The molecule has 14 heavy (non-hydrogen) atoms. The van der Waals surface area contributed by atoms with Gasteiger partial charge in [-0.25, -0.2) is 0 Å². The highest BCUT2D eigenvalue weighted by molar-refractivity contribution is 5.83. The van der Waals surface area contributed by atoms with Crippen LogP contribution in [0.25, 0.3) is 0 Å². The first-order valence-electron chi connectivity index (χ1n) is 5.80. The molecule has 0 spiro atoms. The second kappa shape index (κ2) is 4.92. The molecule has 0 radical (unpaired) electrons. The van der Waals surface area contributed by atoms with Gasteiger partial charge in [-0.3, -0.25) is 4.79 Å². The average Bonchev–Trinajstić information content (AvgIpc) is 2.16. The molecule has 1 aliphatic heterocycles. The number of hydrogen-bond donors (Lipinski definition) is 0. The molecule has 0 amide bonds. The largest absolute Gasteiger partial charge is 0.300 e. The molecule has 1 heterocycles. The summed E-state index contributed by atoms with van der Waals surface area (Å²) in [6.45, 7) is 10.6. The number of rotatable bonds is 3. The lowest BCUT2D eigenvalue weighted by molar-refractivity contribution is -0.127. The van der Waals surface area contributed by atoms with Gasteiger partial charge in [-0.05, 0) is 33.2 Å². The summed E-state index contributed by atoms with van der Waals surface area (Å²) < 4.78 is 0. The van der Waals surface area contributed by atoms with Crippen molar-refractivity contribution in [1.82, 2.24) is 4.90 Å². The quantitative estimate of drug-likeness (QED) is 0.692. The van der Waals surface area contributed by atoms with Crippen molar-refractivity contribution in [3.8, 4) is 0 Å². The second-order valence-electron chi connectivity index (χ2n) is 4.98. The summed E-state index contributed by atoms with van der Waals surface area (Å²) in [5.41, 5.74) is 0. The molecule has 2 nitrogen and oxygen atoms in total. The van der Waals surface area contributed by atoms with E-state index in [1.165, 1.54) is 13.0 Å². The Hall–Kier alpha value is -0.370. The molecule has 0 aliphatic carbocycles. The van der Waals surface area contributed by atoms with Crippen LogP contribution in [-0.4, -0.2) is 29.8 Å². The monoisotopic (exact) mass is 197 g/mol. The van der Waals surface area contributed by atoms with E-state index in [-0.39, 0.29) is 5.92 Å². The van der Waals surface area contributed by atoms with Crippen molar-refractivity contribution in [3.63, 3.8) is 0 Å². The summed E-state index contributed by atoms with van der Waals surface area (Å²) in [5.74, 6) is 0.952. The molecule has 82 valence electrons. The van der Waals surface area contributed by atoms with Gasteiger partial charge in [0.25, 0.3) is 0 Å². The van der Waals surface area contributed by atoms with Gasteiger partial charge in [-0.2, -0.15) is 0 Å². The van der Waals surface area contributed by atoms with E-state index in [0.29, 0.717) is 17.7 Å². The number of Topliss-reactive ketones (excluding diaryl/α,β-unsaturated/α-hetero) is 1. The fraction of sp³-hybridized carbons (Fsp3) is 0.917. The first kappa shape index (κ1) is 11.7. The smallest absolute Gasteiger partial charge is 0.139 e. The Morgan fingerprint density at radius 1 is 1.29 bits per heavy atom. The van der Waals surface area contributed by atoms with Crippen LogP contribution in [-0.2, 0) is 4.79 Å². The minimum Gasteiger partial charge on any atom is -0.300 e. The molecule has 0 aromatic heterocycles. The van der Waals surface area contributed by atoms with Gasteiger partial charge in [-0.15, -0.1) is 0 Å². The predicted octanol–water partition coefficient (Wildman–Crippen LogP) is 2.33. The van der Waals surface area contributed by atoms with Crippen LogP contribution >= 0.6 is 0 Å². The zero-order chi connectivity index (χ0) is 10.7. The first-order valence-corrected chi connectivity index (χ1v) is 5.80. The highest BCUT2D eigenvalue weighted by Gasteiger charge is 2.27. The molecular weight excluding hydrogens is 174 g/mol. The second-order valence-corrected chi connectivity index (χ2v) is 4.98. The Balaban J connectivity index is 2.51. The summed E-state index contributed by atoms with van der Waals surface area (Å²) in [7, 11) is 0. The van der Waals surface area contributed by atoms with Gasteiger partial charge in [0.05, 0.1) is 0 Å². The van der Waals surface area contributed by atoms with Gasteiger partial charge in [0.15, 0.2) is 0 Å². The van der Waals surface area contributed by atoms with Gasteiger partial charge < -0.3 is 4.90 Å². The Labute approximate surface area is 87.7 Å². The van der Waals surface area contributed by atoms with E-state index in [1.807, 2.05) is 13.8 Å². The molecule has 0 aromatic carbocycles. The van der Waals surface area contributed by atoms with Crippen LogP contribution < -0.4 is 0 Å². The van der Waals surface area contributed by atoms with E-state index in [9.17, 15) is 4.79 Å². The number of carbonyl (C=O) groups is 1. The molecule has 0 aromatic rings. The SMILES string of the molecule is CC(C)C(=O)C1CCCN(C(C)C)C1. The number of likely N-dealkylation sites (tertiary alicyclic amines) is 1. The number of piperidine rings is 1. The Morgan fingerprint density at radius 2 is 1.93 bits per heavy atom. The Morgan fingerprint density at radius 3 is 2.43 bits per heavy atom. The first-order chi connectivity index (χ1) is 6.52. The van der Waals surface area contributed by atoms with E-state index >= 15 is 0 Å². The van der Waals surface area contributed by atoms with Crippen molar-refractivity contribution < 1.29 is 4.79 Å². The molecule has 1 fully saturated rings. The van der Waals surface area contributed by atoms with Crippen molar-refractivity contribution in [2.45, 2.75) is 46.6 Å². The Kier molecular flexibility index (Phi) is 4.11. The fourth-order valence-electron chi connectivity index (χ4n) is 2.18. The van der Waals surface area contributed by atoms with Crippen LogP contribution in [0.3, 0.4) is 0 Å². The lowest BCUT2D eigenvalue weighted by atomic mass is 9.88. The van der Waals surface area contributed by atoms with Gasteiger partial charge in [0.2, 0.25) is 0 Å². The van der Waals surface area contributed by atoms with Gasteiger partial charge >= 0.3 is 0 Å². The number of ketones is 1. The normalized spacial score (nSPS) is 24.6. The zero-order valence-corrected chi connectivity index (χ0v) is 9.92. The van der Waals surface area contributed by atoms with E-state index in [0.717, 1.165) is 13.0 Å². The molecule has 1 saturated heterocycles. The lowest BCUT2D eigenvalue weighted by Crippen LogP contribution is -2.43. The molecule has 1 rings (SSSR count).